The molecule has 2 aromatic carbocycles. The number of aliphatic hydroxyl groups is 2. The summed E-state index contributed by atoms with van der Waals surface area (Å²) in [6.07, 6.45) is -0.167. The lowest BCUT2D eigenvalue weighted by atomic mass is 10.1. The minimum Gasteiger partial charge on any atom is -0.399 e. The van der Waals surface area contributed by atoms with Crippen LogP contribution in [0.2, 0.25) is 0 Å². The Bertz CT molecular complexity index is 853. The average Bonchev–Trinajstić information content (AvgIpc) is 2.87. The molecule has 0 bridgehead atoms. The van der Waals surface area contributed by atoms with Crippen molar-refractivity contribution in [2.75, 3.05) is 12.3 Å². The topological polar surface area (TPSA) is 84.3 Å². The number of fused-ring (bicyclic) bond motifs is 1. The maximum atomic E-state index is 9.92. The van der Waals surface area contributed by atoms with Gasteiger partial charge in [0.15, 0.2) is 0 Å². The Morgan fingerprint density at radius 1 is 1.12 bits per heavy atom. The molecule has 0 aliphatic heterocycles. The first-order valence-electron chi connectivity index (χ1n) is 8.07. The van der Waals surface area contributed by atoms with Gasteiger partial charge in [0.05, 0.1) is 30.3 Å². The van der Waals surface area contributed by atoms with Crippen molar-refractivity contribution in [3.8, 4) is 0 Å². The monoisotopic (exact) mass is 325 g/mol. The molecule has 0 amide bonds. The Hall–Kier alpha value is -2.37. The third kappa shape index (κ3) is 3.27. The number of hydrogen-bond donors (Lipinski definition) is 3. The Labute approximate surface area is 141 Å². The molecule has 0 saturated heterocycles. The first-order valence-corrected chi connectivity index (χ1v) is 8.07. The van der Waals surface area contributed by atoms with Crippen LogP contribution in [0, 0.1) is 13.8 Å². The summed E-state index contributed by atoms with van der Waals surface area (Å²) in [5.41, 5.74) is 11.8. The van der Waals surface area contributed by atoms with Gasteiger partial charge in [0, 0.05) is 12.1 Å². The van der Waals surface area contributed by atoms with Crippen LogP contribution in [0.3, 0.4) is 0 Å². The van der Waals surface area contributed by atoms with E-state index in [1.807, 2.05) is 28.8 Å². The lowest BCUT2D eigenvalue weighted by molar-refractivity contribution is 0.0815. The van der Waals surface area contributed by atoms with E-state index in [1.165, 1.54) is 11.1 Å². The van der Waals surface area contributed by atoms with Crippen LogP contribution >= 0.6 is 0 Å². The highest BCUT2D eigenvalue weighted by Gasteiger charge is 2.15. The maximum Gasteiger partial charge on any atom is 0.114 e. The number of nitrogens with two attached hydrogens (primary N) is 1. The van der Waals surface area contributed by atoms with Gasteiger partial charge in [-0.1, -0.05) is 12.1 Å². The highest BCUT2D eigenvalue weighted by molar-refractivity contribution is 5.78. The Morgan fingerprint density at radius 3 is 2.46 bits per heavy atom. The average molecular weight is 325 g/mol. The van der Waals surface area contributed by atoms with Gasteiger partial charge in [-0.2, -0.15) is 0 Å². The zero-order chi connectivity index (χ0) is 17.3. The number of nitrogen functional groups attached to an aromatic ring is 1. The van der Waals surface area contributed by atoms with Gasteiger partial charge in [0.2, 0.25) is 0 Å². The summed E-state index contributed by atoms with van der Waals surface area (Å²) in [4.78, 5) is 4.76. The third-order valence-corrected chi connectivity index (χ3v) is 4.39. The molecule has 0 radical (unpaired) electrons. The van der Waals surface area contributed by atoms with E-state index in [2.05, 4.69) is 26.0 Å². The number of imidazole rings is 1. The van der Waals surface area contributed by atoms with Gasteiger partial charge in [-0.05, 0) is 54.8 Å². The van der Waals surface area contributed by atoms with Crippen molar-refractivity contribution in [3.63, 3.8) is 0 Å². The van der Waals surface area contributed by atoms with Crippen LogP contribution in [0.4, 0.5) is 5.69 Å². The molecule has 3 rings (SSSR count). The normalized spacial score (nSPS) is 12.7. The third-order valence-electron chi connectivity index (χ3n) is 4.39. The second-order valence-electron chi connectivity index (χ2n) is 6.32. The van der Waals surface area contributed by atoms with Crippen LogP contribution in [0.15, 0.2) is 36.4 Å². The predicted octanol–water partition coefficient (Wildman–Crippen LogP) is 2.18. The second-order valence-corrected chi connectivity index (χ2v) is 6.32. The smallest absolute Gasteiger partial charge is 0.114 e. The highest BCUT2D eigenvalue weighted by atomic mass is 16.3. The van der Waals surface area contributed by atoms with Gasteiger partial charge in [-0.15, -0.1) is 0 Å². The Kier molecular flexibility index (Phi) is 4.55. The van der Waals surface area contributed by atoms with E-state index in [0.717, 1.165) is 28.1 Å². The van der Waals surface area contributed by atoms with Crippen LogP contribution in [-0.2, 0) is 13.0 Å². The summed E-state index contributed by atoms with van der Waals surface area (Å²) < 4.78 is 2.00. The van der Waals surface area contributed by atoms with Crippen LogP contribution in [0.1, 0.15) is 22.5 Å². The Balaban J connectivity index is 2.07. The summed E-state index contributed by atoms with van der Waals surface area (Å²) in [6.45, 7) is 4.18. The van der Waals surface area contributed by atoms with Crippen molar-refractivity contribution < 1.29 is 10.2 Å². The summed E-state index contributed by atoms with van der Waals surface area (Å²) in [7, 11) is 0. The summed E-state index contributed by atoms with van der Waals surface area (Å²) in [6, 6.07) is 11.9. The highest BCUT2D eigenvalue weighted by Crippen LogP contribution is 2.23. The van der Waals surface area contributed by atoms with Crippen LogP contribution in [0.25, 0.3) is 11.0 Å². The van der Waals surface area contributed by atoms with E-state index in [0.29, 0.717) is 13.0 Å². The molecular formula is C19H23N3O2. The van der Waals surface area contributed by atoms with E-state index in [1.54, 1.807) is 0 Å². The molecule has 24 heavy (non-hydrogen) atoms. The predicted molar refractivity (Wildman–Crippen MR) is 96.0 cm³/mol. The zero-order valence-corrected chi connectivity index (χ0v) is 14.0. The molecule has 1 aromatic heterocycles. The van der Waals surface area contributed by atoms with Gasteiger partial charge >= 0.3 is 0 Å². The van der Waals surface area contributed by atoms with Crippen LogP contribution < -0.4 is 5.73 Å². The number of anilines is 1. The number of aliphatic hydroxyl groups excluding tert-OH is 2. The fraction of sp³-hybridized carbons (Fsp3) is 0.316. The molecule has 126 valence electrons. The molecule has 0 aliphatic carbocycles. The molecule has 1 unspecified atom stereocenters. The lowest BCUT2D eigenvalue weighted by Gasteiger charge is -2.13. The molecule has 1 heterocycles. The Morgan fingerprint density at radius 2 is 1.79 bits per heavy atom. The van der Waals surface area contributed by atoms with Crippen LogP contribution in [0.5, 0.6) is 0 Å². The van der Waals surface area contributed by atoms with Crippen molar-refractivity contribution in [3.05, 3.63) is 58.9 Å². The molecule has 0 aliphatic rings. The molecule has 3 aromatic rings. The fourth-order valence-corrected chi connectivity index (χ4v) is 2.86. The van der Waals surface area contributed by atoms with Gasteiger partial charge in [0.25, 0.3) is 0 Å². The van der Waals surface area contributed by atoms with Crippen molar-refractivity contribution in [2.24, 2.45) is 0 Å². The molecule has 5 heteroatoms. The number of rotatable bonds is 5. The van der Waals surface area contributed by atoms with E-state index in [9.17, 15) is 10.2 Å². The number of aryl methyl sites for hydroxylation is 2. The SMILES string of the molecule is Cc1cc2nc(Cc3ccc(N)cc3)n(CC(O)CO)c2cc1C. The molecule has 0 fully saturated rings. The van der Waals surface area contributed by atoms with E-state index in [-0.39, 0.29) is 6.61 Å². The van der Waals surface area contributed by atoms with Crippen molar-refractivity contribution >= 4 is 16.7 Å². The molecular weight excluding hydrogens is 302 g/mol. The van der Waals surface area contributed by atoms with Gasteiger partial charge < -0.3 is 20.5 Å². The van der Waals surface area contributed by atoms with E-state index < -0.39 is 6.10 Å². The molecule has 4 N–H and O–H groups in total. The minimum atomic E-state index is -0.811. The maximum absolute atomic E-state index is 9.92. The quantitative estimate of drug-likeness (QED) is 0.628. The molecule has 0 saturated carbocycles. The molecule has 1 atom stereocenters. The summed E-state index contributed by atoms with van der Waals surface area (Å²) in [5, 5.41) is 19.1. The van der Waals surface area contributed by atoms with Crippen molar-refractivity contribution in [1.29, 1.82) is 0 Å². The van der Waals surface area contributed by atoms with E-state index >= 15 is 0 Å². The molecule has 5 nitrogen and oxygen atoms in total. The zero-order valence-electron chi connectivity index (χ0n) is 14.0. The van der Waals surface area contributed by atoms with Gasteiger partial charge in [0.1, 0.15) is 5.82 Å². The number of benzene rings is 2. The van der Waals surface area contributed by atoms with Gasteiger partial charge in [-0.25, -0.2) is 4.98 Å². The van der Waals surface area contributed by atoms with Crippen molar-refractivity contribution in [2.45, 2.75) is 32.9 Å². The van der Waals surface area contributed by atoms with Gasteiger partial charge in [-0.3, -0.25) is 0 Å². The summed E-state index contributed by atoms with van der Waals surface area (Å²) in [5.74, 6) is 0.868. The van der Waals surface area contributed by atoms with Crippen LogP contribution in [-0.4, -0.2) is 32.5 Å². The fourth-order valence-electron chi connectivity index (χ4n) is 2.86. The first kappa shape index (κ1) is 16.5. The standard InChI is InChI=1S/C19H23N3O2/c1-12-7-17-18(8-13(12)2)22(10-16(24)11-23)19(21-17)9-14-3-5-15(20)6-4-14/h3-8,16,23-24H,9-11,20H2,1-2H3. The second kappa shape index (κ2) is 6.63. The largest absolute Gasteiger partial charge is 0.399 e. The first-order chi connectivity index (χ1) is 11.5. The number of nitrogens with zero attached hydrogens (tertiary/aromatic N) is 2. The number of aromatic nitrogens is 2. The minimum absolute atomic E-state index is 0.272. The van der Waals surface area contributed by atoms with E-state index in [4.69, 9.17) is 10.7 Å². The lowest BCUT2D eigenvalue weighted by Crippen LogP contribution is -2.21. The summed E-state index contributed by atoms with van der Waals surface area (Å²) >= 11 is 0. The number of hydrogen-bond acceptors (Lipinski definition) is 4. The van der Waals surface area contributed by atoms with Crippen molar-refractivity contribution in [1.82, 2.24) is 9.55 Å². The molecule has 0 spiro atoms.